The van der Waals surface area contributed by atoms with Gasteiger partial charge in [0.05, 0.1) is 29.4 Å². The van der Waals surface area contributed by atoms with Gasteiger partial charge in [0.2, 0.25) is 5.91 Å². The van der Waals surface area contributed by atoms with Crippen LogP contribution in [-0.4, -0.2) is 17.5 Å². The lowest BCUT2D eigenvalue weighted by molar-refractivity contribution is -0.118. The zero-order valence-corrected chi connectivity index (χ0v) is 14.2. The highest BCUT2D eigenvalue weighted by Gasteiger charge is 2.29. The van der Waals surface area contributed by atoms with E-state index in [1.165, 1.54) is 30.5 Å². The molecule has 26 heavy (non-hydrogen) atoms. The first kappa shape index (κ1) is 16.7. The van der Waals surface area contributed by atoms with E-state index in [2.05, 4.69) is 10.3 Å². The number of anilines is 1. The molecule has 7 heteroatoms. The minimum absolute atomic E-state index is 0.0686. The van der Waals surface area contributed by atoms with Gasteiger partial charge in [0.1, 0.15) is 17.4 Å². The molecule has 0 bridgehead atoms. The molecule has 132 valence electrons. The van der Waals surface area contributed by atoms with Gasteiger partial charge in [0.15, 0.2) is 0 Å². The van der Waals surface area contributed by atoms with Crippen LogP contribution in [0.25, 0.3) is 10.8 Å². The summed E-state index contributed by atoms with van der Waals surface area (Å²) >= 11 is 5.86. The van der Waals surface area contributed by atoms with Crippen LogP contribution in [0, 0.1) is 11.6 Å². The highest BCUT2D eigenvalue weighted by Crippen LogP contribution is 2.38. The van der Waals surface area contributed by atoms with Crippen LogP contribution in [0.15, 0.2) is 42.7 Å². The summed E-state index contributed by atoms with van der Waals surface area (Å²) in [5, 5.41) is 3.99. The first-order chi connectivity index (χ1) is 12.5. The van der Waals surface area contributed by atoms with E-state index in [9.17, 15) is 13.6 Å². The number of pyridine rings is 1. The molecule has 0 fully saturated rings. The van der Waals surface area contributed by atoms with E-state index in [-0.39, 0.29) is 17.5 Å². The Labute approximate surface area is 152 Å². The fourth-order valence-corrected chi connectivity index (χ4v) is 3.28. The molecule has 1 atom stereocenters. The molecule has 0 spiro atoms. The molecule has 0 radical (unpaired) electrons. The van der Waals surface area contributed by atoms with E-state index in [0.717, 1.165) is 0 Å². The molecule has 4 rings (SSSR count). The molecule has 2 heterocycles. The largest absolute Gasteiger partial charge is 0.493 e. The van der Waals surface area contributed by atoms with Crippen LogP contribution in [0.2, 0.25) is 5.02 Å². The Balaban J connectivity index is 1.69. The number of benzene rings is 2. The number of aromatic nitrogens is 1. The van der Waals surface area contributed by atoms with Crippen molar-refractivity contribution in [2.45, 2.75) is 12.3 Å². The second-order valence-electron chi connectivity index (χ2n) is 6.04. The van der Waals surface area contributed by atoms with Gasteiger partial charge in [-0.05, 0) is 30.7 Å². The molecule has 1 aliphatic heterocycles. The van der Waals surface area contributed by atoms with Gasteiger partial charge in [-0.1, -0.05) is 11.6 Å². The predicted molar refractivity (Wildman–Crippen MR) is 94.6 cm³/mol. The number of halogens is 3. The third kappa shape index (κ3) is 2.97. The molecule has 2 aromatic carbocycles. The van der Waals surface area contributed by atoms with Crippen molar-refractivity contribution in [2.75, 3.05) is 11.9 Å². The van der Waals surface area contributed by atoms with E-state index in [1.54, 1.807) is 12.3 Å². The van der Waals surface area contributed by atoms with Crippen LogP contribution in [0.1, 0.15) is 17.9 Å². The van der Waals surface area contributed by atoms with Crippen molar-refractivity contribution in [1.82, 2.24) is 4.98 Å². The third-order valence-electron chi connectivity index (χ3n) is 4.39. The number of rotatable bonds is 2. The maximum atomic E-state index is 13.6. The molecule has 1 aliphatic rings. The van der Waals surface area contributed by atoms with Crippen LogP contribution in [-0.2, 0) is 4.79 Å². The monoisotopic (exact) mass is 374 g/mol. The molecule has 1 aromatic heterocycles. The van der Waals surface area contributed by atoms with Crippen molar-refractivity contribution in [3.05, 3.63) is 64.9 Å². The topological polar surface area (TPSA) is 51.2 Å². The molecule has 1 N–H and O–H groups in total. The van der Waals surface area contributed by atoms with Crippen LogP contribution in [0.3, 0.4) is 0 Å². The number of carbonyl (C=O) groups is 1. The van der Waals surface area contributed by atoms with E-state index in [4.69, 9.17) is 16.3 Å². The molecule has 1 unspecified atom stereocenters. The minimum atomic E-state index is -0.597. The lowest BCUT2D eigenvalue weighted by Crippen LogP contribution is -2.26. The Kier molecular flexibility index (Phi) is 4.20. The van der Waals surface area contributed by atoms with Crippen molar-refractivity contribution in [2.24, 2.45) is 0 Å². The maximum Gasteiger partial charge on any atom is 0.232 e. The molecule has 1 amide bonds. The number of ether oxygens (including phenoxy) is 1. The molecular formula is C19H13ClF2N2O2. The Hall–Kier alpha value is -2.73. The van der Waals surface area contributed by atoms with Crippen molar-refractivity contribution < 1.29 is 18.3 Å². The van der Waals surface area contributed by atoms with E-state index in [1.807, 2.05) is 0 Å². The van der Waals surface area contributed by atoms with E-state index >= 15 is 0 Å². The standard InChI is InChI=1S/C19H13ClF2N2O2/c20-15-6-14-12(3-4-26-18(14)7-16(15)22)19(25)24-17-9-23-8-10-1-2-11(21)5-13(10)17/h1-2,5-9,12H,3-4H2,(H,24,25). The summed E-state index contributed by atoms with van der Waals surface area (Å²) < 4.78 is 32.7. The van der Waals surface area contributed by atoms with Gasteiger partial charge in [0.25, 0.3) is 0 Å². The average Bonchev–Trinajstić information content (AvgIpc) is 2.62. The van der Waals surface area contributed by atoms with Crippen LogP contribution >= 0.6 is 11.6 Å². The lowest BCUT2D eigenvalue weighted by Gasteiger charge is -2.25. The summed E-state index contributed by atoms with van der Waals surface area (Å²) in [5.74, 6) is -1.56. The fourth-order valence-electron chi connectivity index (χ4n) is 3.11. The quantitative estimate of drug-likeness (QED) is 0.709. The van der Waals surface area contributed by atoms with Crippen molar-refractivity contribution in [1.29, 1.82) is 0 Å². The minimum Gasteiger partial charge on any atom is -0.493 e. The highest BCUT2D eigenvalue weighted by molar-refractivity contribution is 6.30. The van der Waals surface area contributed by atoms with Gasteiger partial charge in [-0.2, -0.15) is 0 Å². The van der Waals surface area contributed by atoms with Crippen LogP contribution in [0.4, 0.5) is 14.5 Å². The molecule has 3 aromatic rings. The summed E-state index contributed by atoms with van der Waals surface area (Å²) in [4.78, 5) is 16.9. The lowest BCUT2D eigenvalue weighted by atomic mass is 9.92. The molecule has 0 saturated heterocycles. The van der Waals surface area contributed by atoms with E-state index in [0.29, 0.717) is 34.2 Å². The number of fused-ring (bicyclic) bond motifs is 2. The van der Waals surface area contributed by atoms with Gasteiger partial charge in [-0.15, -0.1) is 0 Å². The van der Waals surface area contributed by atoms with Gasteiger partial charge in [0, 0.05) is 28.6 Å². The number of nitrogens with one attached hydrogen (secondary N) is 1. The van der Waals surface area contributed by atoms with Crippen molar-refractivity contribution in [3.8, 4) is 5.75 Å². The zero-order chi connectivity index (χ0) is 18.3. The van der Waals surface area contributed by atoms with Crippen LogP contribution < -0.4 is 10.1 Å². The summed E-state index contributed by atoms with van der Waals surface area (Å²) in [7, 11) is 0. The number of carbonyl (C=O) groups excluding carboxylic acids is 1. The SMILES string of the molecule is O=C(Nc1cncc2ccc(F)cc12)C1CCOc2cc(F)c(Cl)cc21. The first-order valence-electron chi connectivity index (χ1n) is 7.99. The Morgan fingerprint density at radius 1 is 1.23 bits per heavy atom. The first-order valence-corrected chi connectivity index (χ1v) is 8.36. The number of hydrogen-bond acceptors (Lipinski definition) is 3. The molecule has 4 nitrogen and oxygen atoms in total. The van der Waals surface area contributed by atoms with Crippen molar-refractivity contribution >= 4 is 34.0 Å². The molecule has 0 aliphatic carbocycles. The summed E-state index contributed by atoms with van der Waals surface area (Å²) in [6, 6.07) is 6.87. The van der Waals surface area contributed by atoms with Gasteiger partial charge in [-0.25, -0.2) is 8.78 Å². The molecular weight excluding hydrogens is 362 g/mol. The Morgan fingerprint density at radius 2 is 2.08 bits per heavy atom. The molecule has 0 saturated carbocycles. The Bertz CT molecular complexity index is 1030. The van der Waals surface area contributed by atoms with Gasteiger partial charge < -0.3 is 10.1 Å². The smallest absolute Gasteiger partial charge is 0.232 e. The highest BCUT2D eigenvalue weighted by atomic mass is 35.5. The van der Waals surface area contributed by atoms with Gasteiger partial charge in [-0.3, -0.25) is 9.78 Å². The number of hydrogen-bond donors (Lipinski definition) is 1. The predicted octanol–water partition coefficient (Wildman–Crippen LogP) is 4.67. The number of nitrogens with zero attached hydrogens (tertiary/aromatic N) is 1. The van der Waals surface area contributed by atoms with Gasteiger partial charge >= 0.3 is 0 Å². The second-order valence-corrected chi connectivity index (χ2v) is 6.44. The van der Waals surface area contributed by atoms with Crippen molar-refractivity contribution in [3.63, 3.8) is 0 Å². The second kappa shape index (κ2) is 6.53. The summed E-state index contributed by atoms with van der Waals surface area (Å²) in [6.07, 6.45) is 3.49. The maximum absolute atomic E-state index is 13.6. The fraction of sp³-hybridized carbons (Fsp3) is 0.158. The normalized spacial score (nSPS) is 16.0. The summed E-state index contributed by atoms with van der Waals surface area (Å²) in [5.41, 5.74) is 0.938. The number of amides is 1. The van der Waals surface area contributed by atoms with Crippen LogP contribution in [0.5, 0.6) is 5.75 Å². The Morgan fingerprint density at radius 3 is 2.92 bits per heavy atom. The zero-order valence-electron chi connectivity index (χ0n) is 13.4. The average molecular weight is 375 g/mol. The van der Waals surface area contributed by atoms with E-state index < -0.39 is 17.6 Å². The third-order valence-corrected chi connectivity index (χ3v) is 4.68. The summed E-state index contributed by atoms with van der Waals surface area (Å²) in [6.45, 7) is 0.286.